The molecule has 0 heteroatoms. The predicted octanol–water partition coefficient (Wildman–Crippen LogP) is 3.47. The lowest BCUT2D eigenvalue weighted by molar-refractivity contribution is -0.0366. The Labute approximate surface area is 70.4 Å². The van der Waals surface area contributed by atoms with Gasteiger partial charge in [0, 0.05) is 0 Å². The molecule has 0 heterocycles. The normalized spacial score (nSPS) is 43.6. The molecule has 0 spiro atoms. The maximum Gasteiger partial charge on any atom is -0.0357 e. The van der Waals surface area contributed by atoms with Crippen LogP contribution in [0.5, 0.6) is 0 Å². The summed E-state index contributed by atoms with van der Waals surface area (Å²) in [4.78, 5) is 0. The first kappa shape index (κ1) is 7.64. The van der Waals surface area contributed by atoms with Crippen molar-refractivity contribution < 1.29 is 0 Å². The summed E-state index contributed by atoms with van der Waals surface area (Å²) in [5, 5.41) is 0. The lowest BCUT2D eigenvalue weighted by atomic mass is 9.52. The summed E-state index contributed by atoms with van der Waals surface area (Å²) in [5.74, 6) is 4.50. The molecule has 0 aromatic heterocycles. The van der Waals surface area contributed by atoms with E-state index in [1.807, 2.05) is 0 Å². The minimum atomic E-state index is 0.988. The average Bonchev–Trinajstić information content (AvgIpc) is 1.98. The van der Waals surface area contributed by atoms with Gasteiger partial charge in [0.05, 0.1) is 0 Å². The maximum absolute atomic E-state index is 2.41. The molecule has 0 aromatic rings. The van der Waals surface area contributed by atoms with E-state index in [-0.39, 0.29) is 0 Å². The summed E-state index contributed by atoms with van der Waals surface area (Å²) in [6.07, 6.45) is 7.61. The van der Waals surface area contributed by atoms with Crippen LogP contribution < -0.4 is 0 Å². The van der Waals surface area contributed by atoms with Crippen molar-refractivity contribution in [1.29, 1.82) is 0 Å². The second-order valence-corrected chi connectivity index (χ2v) is 4.75. The van der Waals surface area contributed by atoms with Crippen molar-refractivity contribution in [2.75, 3.05) is 0 Å². The van der Waals surface area contributed by atoms with Gasteiger partial charge in [-0.25, -0.2) is 0 Å². The first-order chi connectivity index (χ1) is 5.31. The molecule has 0 aliphatic heterocycles. The predicted molar refractivity (Wildman–Crippen MR) is 48.4 cm³/mol. The van der Waals surface area contributed by atoms with Gasteiger partial charge in [-0.15, -0.1) is 0 Å². The van der Waals surface area contributed by atoms with Gasteiger partial charge in [0.2, 0.25) is 0 Å². The number of hydrogen-bond donors (Lipinski definition) is 0. The summed E-state index contributed by atoms with van der Waals surface area (Å²) in [6.45, 7) is 4.73. The van der Waals surface area contributed by atoms with Crippen LogP contribution in [-0.2, 0) is 0 Å². The smallest absolute Gasteiger partial charge is 0.0357 e. The summed E-state index contributed by atoms with van der Waals surface area (Å²) < 4.78 is 0. The first-order valence-corrected chi connectivity index (χ1v) is 5.31. The van der Waals surface area contributed by atoms with Crippen LogP contribution >= 0.6 is 0 Å². The Hall–Kier alpha value is 0. The van der Waals surface area contributed by atoms with Crippen molar-refractivity contribution in [3.8, 4) is 0 Å². The number of fused-ring (bicyclic) bond motifs is 1. The molecule has 0 aromatic carbocycles. The van der Waals surface area contributed by atoms with Crippen molar-refractivity contribution in [2.24, 2.45) is 23.7 Å². The van der Waals surface area contributed by atoms with Gasteiger partial charge in [0.25, 0.3) is 0 Å². The van der Waals surface area contributed by atoms with E-state index in [1.165, 1.54) is 24.7 Å². The summed E-state index contributed by atoms with van der Waals surface area (Å²) >= 11 is 0. The highest BCUT2D eigenvalue weighted by Gasteiger charge is 2.46. The standard InChI is InChI=1S/C11H20/c1-3-8(2)6-10-7-9-4-5-11(9)10/h8-11H,3-7H2,1-2H3. The zero-order valence-corrected chi connectivity index (χ0v) is 7.84. The minimum absolute atomic E-state index is 0.988. The lowest BCUT2D eigenvalue weighted by Crippen LogP contribution is -2.44. The Bertz CT molecular complexity index is 139. The van der Waals surface area contributed by atoms with Crippen molar-refractivity contribution in [1.82, 2.24) is 0 Å². The van der Waals surface area contributed by atoms with E-state index >= 15 is 0 Å². The number of hydrogen-bond acceptors (Lipinski definition) is 0. The molecule has 2 aliphatic rings. The maximum atomic E-state index is 2.41. The van der Waals surface area contributed by atoms with Crippen LogP contribution in [0.2, 0.25) is 0 Å². The molecule has 11 heavy (non-hydrogen) atoms. The second kappa shape index (κ2) is 2.80. The highest BCUT2D eigenvalue weighted by molar-refractivity contribution is 4.96. The van der Waals surface area contributed by atoms with Crippen molar-refractivity contribution >= 4 is 0 Å². The van der Waals surface area contributed by atoms with Gasteiger partial charge in [-0.2, -0.15) is 0 Å². The van der Waals surface area contributed by atoms with Crippen molar-refractivity contribution in [3.63, 3.8) is 0 Å². The molecule has 0 N–H and O–H groups in total. The van der Waals surface area contributed by atoms with Gasteiger partial charge >= 0.3 is 0 Å². The Balaban J connectivity index is 1.72. The molecular weight excluding hydrogens is 132 g/mol. The fraction of sp³-hybridized carbons (Fsp3) is 1.00. The summed E-state index contributed by atoms with van der Waals surface area (Å²) in [5.41, 5.74) is 0. The lowest BCUT2D eigenvalue weighted by Gasteiger charge is -2.54. The zero-order valence-electron chi connectivity index (χ0n) is 7.84. The third-order valence-electron chi connectivity index (χ3n) is 4.09. The Morgan fingerprint density at radius 3 is 2.55 bits per heavy atom. The van der Waals surface area contributed by atoms with Crippen molar-refractivity contribution in [2.45, 2.75) is 46.0 Å². The largest absolute Gasteiger partial charge is 0.0651 e. The van der Waals surface area contributed by atoms with E-state index in [0.29, 0.717) is 0 Å². The van der Waals surface area contributed by atoms with Crippen LogP contribution in [0.4, 0.5) is 0 Å². The van der Waals surface area contributed by atoms with E-state index in [2.05, 4.69) is 13.8 Å². The zero-order chi connectivity index (χ0) is 7.84. The van der Waals surface area contributed by atoms with Crippen LogP contribution in [-0.4, -0.2) is 0 Å². The minimum Gasteiger partial charge on any atom is -0.0651 e. The summed E-state index contributed by atoms with van der Waals surface area (Å²) in [7, 11) is 0. The van der Waals surface area contributed by atoms with Crippen LogP contribution in [0.1, 0.15) is 46.0 Å². The van der Waals surface area contributed by atoms with Gasteiger partial charge in [0.15, 0.2) is 0 Å². The van der Waals surface area contributed by atoms with E-state index in [0.717, 1.165) is 11.8 Å². The molecule has 0 nitrogen and oxygen atoms in total. The fourth-order valence-electron chi connectivity index (χ4n) is 2.83. The van der Waals surface area contributed by atoms with E-state index in [1.54, 1.807) is 19.3 Å². The van der Waals surface area contributed by atoms with Crippen molar-refractivity contribution in [3.05, 3.63) is 0 Å². The quantitative estimate of drug-likeness (QED) is 0.581. The van der Waals surface area contributed by atoms with E-state index < -0.39 is 0 Å². The van der Waals surface area contributed by atoms with Crippen LogP contribution in [0, 0.1) is 23.7 Å². The van der Waals surface area contributed by atoms with Gasteiger partial charge < -0.3 is 0 Å². The molecule has 64 valence electrons. The van der Waals surface area contributed by atoms with Crippen LogP contribution in [0.15, 0.2) is 0 Å². The monoisotopic (exact) mass is 152 g/mol. The SMILES string of the molecule is CCC(C)CC1CC2CCC21. The van der Waals surface area contributed by atoms with Gasteiger partial charge in [-0.1, -0.05) is 20.3 Å². The van der Waals surface area contributed by atoms with Crippen LogP contribution in [0.25, 0.3) is 0 Å². The molecular formula is C11H20. The molecule has 0 bridgehead atoms. The highest BCUT2D eigenvalue weighted by Crippen LogP contribution is 2.56. The van der Waals surface area contributed by atoms with Gasteiger partial charge in [-0.3, -0.25) is 0 Å². The molecule has 2 rings (SSSR count). The molecule has 2 aliphatic carbocycles. The Kier molecular flexibility index (Phi) is 1.95. The fourth-order valence-corrected chi connectivity index (χ4v) is 2.83. The second-order valence-electron chi connectivity index (χ2n) is 4.75. The van der Waals surface area contributed by atoms with Gasteiger partial charge in [-0.05, 0) is 49.4 Å². The first-order valence-electron chi connectivity index (χ1n) is 5.31. The molecule has 0 saturated heterocycles. The van der Waals surface area contributed by atoms with E-state index in [9.17, 15) is 0 Å². The average molecular weight is 152 g/mol. The molecule has 4 unspecified atom stereocenters. The van der Waals surface area contributed by atoms with Gasteiger partial charge in [0.1, 0.15) is 0 Å². The molecule has 0 amide bonds. The Morgan fingerprint density at radius 2 is 2.18 bits per heavy atom. The molecule has 4 atom stereocenters. The molecule has 2 saturated carbocycles. The molecule has 2 fully saturated rings. The third kappa shape index (κ3) is 1.21. The third-order valence-corrected chi connectivity index (χ3v) is 4.09. The van der Waals surface area contributed by atoms with E-state index in [4.69, 9.17) is 0 Å². The Morgan fingerprint density at radius 1 is 1.36 bits per heavy atom. The summed E-state index contributed by atoms with van der Waals surface area (Å²) in [6, 6.07) is 0. The highest BCUT2D eigenvalue weighted by atomic mass is 14.5. The molecule has 0 radical (unpaired) electrons. The number of rotatable bonds is 3. The van der Waals surface area contributed by atoms with Crippen LogP contribution in [0.3, 0.4) is 0 Å². The topological polar surface area (TPSA) is 0 Å².